The summed E-state index contributed by atoms with van der Waals surface area (Å²) in [5.74, 6) is 0.203. The Kier molecular flexibility index (Phi) is 8.19. The van der Waals surface area contributed by atoms with Crippen LogP contribution in [0.15, 0.2) is 71.4 Å². The van der Waals surface area contributed by atoms with Gasteiger partial charge in [-0.05, 0) is 42.0 Å². The molecule has 3 aromatic rings. The van der Waals surface area contributed by atoms with Gasteiger partial charge in [0.2, 0.25) is 0 Å². The molecule has 0 bridgehead atoms. The number of hydrazone groups is 1. The molecule has 1 heterocycles. The monoisotopic (exact) mass is 458 g/mol. The number of hydrogen-bond acceptors (Lipinski definition) is 6. The number of thioether (sulfide) groups is 1. The van der Waals surface area contributed by atoms with Gasteiger partial charge in [-0.2, -0.15) is 5.10 Å². The molecule has 0 unspecified atom stereocenters. The Bertz CT molecular complexity index is 1050. The summed E-state index contributed by atoms with van der Waals surface area (Å²) in [7, 11) is 0. The highest BCUT2D eigenvalue weighted by Gasteiger charge is 2.13. The van der Waals surface area contributed by atoms with Gasteiger partial charge in [0.25, 0.3) is 5.91 Å². The first-order valence-corrected chi connectivity index (χ1v) is 10.6. The Balaban J connectivity index is 1.54. The maximum Gasteiger partial charge on any atom is 0.250 e. The van der Waals surface area contributed by atoms with E-state index < -0.39 is 0 Å². The summed E-state index contributed by atoms with van der Waals surface area (Å²) in [6.45, 7) is 4.74. The normalized spacial score (nSPS) is 10.9. The molecule has 1 aromatic heterocycles. The van der Waals surface area contributed by atoms with Gasteiger partial charge in [0.1, 0.15) is 5.82 Å². The number of amides is 1. The van der Waals surface area contributed by atoms with Crippen LogP contribution in [0.3, 0.4) is 0 Å². The van der Waals surface area contributed by atoms with Crippen LogP contribution in [-0.2, 0) is 17.9 Å². The SMILES string of the molecule is C=CCn1c(CNc2ccc(Cl)cc2)nnc1SCC(=O)N/N=C/c1ccc(F)cc1. The van der Waals surface area contributed by atoms with Crippen molar-refractivity contribution in [2.45, 2.75) is 18.2 Å². The molecule has 0 aliphatic heterocycles. The molecule has 0 saturated carbocycles. The van der Waals surface area contributed by atoms with Crippen molar-refractivity contribution in [3.63, 3.8) is 0 Å². The average molecular weight is 459 g/mol. The van der Waals surface area contributed by atoms with Gasteiger partial charge in [-0.15, -0.1) is 16.8 Å². The number of aromatic nitrogens is 3. The van der Waals surface area contributed by atoms with E-state index in [0.717, 1.165) is 5.69 Å². The van der Waals surface area contributed by atoms with E-state index in [1.165, 1.54) is 30.1 Å². The van der Waals surface area contributed by atoms with Crippen LogP contribution in [0.1, 0.15) is 11.4 Å². The first kappa shape index (κ1) is 22.5. The predicted octanol–water partition coefficient (Wildman–Crippen LogP) is 4.11. The summed E-state index contributed by atoms with van der Waals surface area (Å²) < 4.78 is 14.8. The molecule has 0 fully saturated rings. The Labute approximate surface area is 188 Å². The fourth-order valence-corrected chi connectivity index (χ4v) is 3.39. The number of benzene rings is 2. The van der Waals surface area contributed by atoms with Crippen molar-refractivity contribution in [1.29, 1.82) is 0 Å². The lowest BCUT2D eigenvalue weighted by Gasteiger charge is -2.09. The first-order chi connectivity index (χ1) is 15.0. The van der Waals surface area contributed by atoms with E-state index in [1.54, 1.807) is 30.3 Å². The summed E-state index contributed by atoms with van der Waals surface area (Å²) >= 11 is 7.15. The zero-order valence-corrected chi connectivity index (χ0v) is 18.0. The number of carbonyl (C=O) groups is 1. The molecule has 2 aromatic carbocycles. The van der Waals surface area contributed by atoms with Crippen molar-refractivity contribution < 1.29 is 9.18 Å². The molecule has 10 heteroatoms. The smallest absolute Gasteiger partial charge is 0.250 e. The van der Waals surface area contributed by atoms with Crippen molar-refractivity contribution >= 4 is 41.2 Å². The lowest BCUT2D eigenvalue weighted by Crippen LogP contribution is -2.20. The first-order valence-electron chi connectivity index (χ1n) is 9.28. The molecule has 31 heavy (non-hydrogen) atoms. The van der Waals surface area contributed by atoms with Gasteiger partial charge in [-0.3, -0.25) is 4.79 Å². The van der Waals surface area contributed by atoms with Crippen LogP contribution < -0.4 is 10.7 Å². The fraction of sp³-hybridized carbons (Fsp3) is 0.143. The second-order valence-corrected chi connectivity index (χ2v) is 7.67. The Hall–Kier alpha value is -3.17. The molecular formula is C21H20ClFN6OS. The Morgan fingerprint density at radius 3 is 2.65 bits per heavy atom. The van der Waals surface area contributed by atoms with Crippen molar-refractivity contribution in [2.75, 3.05) is 11.1 Å². The molecule has 3 rings (SSSR count). The van der Waals surface area contributed by atoms with E-state index in [1.807, 2.05) is 16.7 Å². The zero-order chi connectivity index (χ0) is 22.1. The van der Waals surface area contributed by atoms with Crippen LogP contribution in [0.25, 0.3) is 0 Å². The van der Waals surface area contributed by atoms with Crippen LogP contribution in [0, 0.1) is 5.82 Å². The lowest BCUT2D eigenvalue weighted by molar-refractivity contribution is -0.118. The minimum Gasteiger partial charge on any atom is -0.378 e. The summed E-state index contributed by atoms with van der Waals surface area (Å²) in [5.41, 5.74) is 4.03. The van der Waals surface area contributed by atoms with Gasteiger partial charge < -0.3 is 9.88 Å². The number of hydrogen-bond donors (Lipinski definition) is 2. The maximum absolute atomic E-state index is 12.9. The van der Waals surface area contributed by atoms with E-state index in [0.29, 0.717) is 34.7 Å². The van der Waals surface area contributed by atoms with Crippen LogP contribution in [0.4, 0.5) is 10.1 Å². The molecule has 2 N–H and O–H groups in total. The van der Waals surface area contributed by atoms with Gasteiger partial charge in [0.05, 0.1) is 18.5 Å². The summed E-state index contributed by atoms with van der Waals surface area (Å²) in [6.07, 6.45) is 3.19. The Morgan fingerprint density at radius 1 is 1.19 bits per heavy atom. The van der Waals surface area contributed by atoms with Crippen LogP contribution >= 0.6 is 23.4 Å². The average Bonchev–Trinajstić information content (AvgIpc) is 3.15. The molecule has 0 aliphatic carbocycles. The van der Waals surface area contributed by atoms with Gasteiger partial charge >= 0.3 is 0 Å². The standard InChI is InChI=1S/C21H20ClFN6OS/c1-2-11-29-19(13-24-18-9-5-16(22)6-10-18)26-28-21(29)31-14-20(30)27-25-12-15-3-7-17(23)8-4-15/h2-10,12,24H,1,11,13-14H2,(H,27,30)/b25-12+. The maximum atomic E-state index is 12.9. The molecule has 7 nitrogen and oxygen atoms in total. The second kappa shape index (κ2) is 11.3. The van der Waals surface area contributed by atoms with E-state index in [9.17, 15) is 9.18 Å². The minimum atomic E-state index is -0.330. The van der Waals surface area contributed by atoms with Crippen molar-refractivity contribution in [3.05, 3.63) is 83.4 Å². The largest absolute Gasteiger partial charge is 0.378 e. The van der Waals surface area contributed by atoms with Gasteiger partial charge in [0.15, 0.2) is 11.0 Å². The number of allylic oxidation sites excluding steroid dienone is 1. The quantitative estimate of drug-likeness (QED) is 0.207. The highest BCUT2D eigenvalue weighted by atomic mass is 35.5. The van der Waals surface area contributed by atoms with Gasteiger partial charge in [0, 0.05) is 17.3 Å². The zero-order valence-electron chi connectivity index (χ0n) is 16.5. The summed E-state index contributed by atoms with van der Waals surface area (Å²) in [6, 6.07) is 13.1. The van der Waals surface area contributed by atoms with Crippen LogP contribution in [0.5, 0.6) is 0 Å². The molecule has 0 spiro atoms. The molecule has 160 valence electrons. The topological polar surface area (TPSA) is 84.2 Å². The van der Waals surface area contributed by atoms with Crippen molar-refractivity contribution in [1.82, 2.24) is 20.2 Å². The molecule has 0 aliphatic rings. The summed E-state index contributed by atoms with van der Waals surface area (Å²) in [4.78, 5) is 12.1. The highest BCUT2D eigenvalue weighted by molar-refractivity contribution is 7.99. The molecule has 0 atom stereocenters. The fourth-order valence-electron chi connectivity index (χ4n) is 2.51. The van der Waals surface area contributed by atoms with Crippen molar-refractivity contribution in [3.8, 4) is 0 Å². The molecule has 0 radical (unpaired) electrons. The predicted molar refractivity (Wildman–Crippen MR) is 122 cm³/mol. The van der Waals surface area contributed by atoms with Crippen LogP contribution in [0.2, 0.25) is 5.02 Å². The minimum absolute atomic E-state index is 0.112. The van der Waals surface area contributed by atoms with E-state index in [4.69, 9.17) is 11.6 Å². The number of halogens is 2. The number of nitrogens with one attached hydrogen (secondary N) is 2. The molecule has 1 amide bonds. The van der Waals surface area contributed by atoms with E-state index >= 15 is 0 Å². The summed E-state index contributed by atoms with van der Waals surface area (Å²) in [5, 5.41) is 16.8. The highest BCUT2D eigenvalue weighted by Crippen LogP contribution is 2.19. The van der Waals surface area contributed by atoms with Crippen LogP contribution in [-0.4, -0.2) is 32.6 Å². The number of rotatable bonds is 10. The van der Waals surface area contributed by atoms with E-state index in [2.05, 4.69) is 32.6 Å². The van der Waals surface area contributed by atoms with E-state index in [-0.39, 0.29) is 17.5 Å². The number of nitrogens with zero attached hydrogens (tertiary/aromatic N) is 4. The third-order valence-electron chi connectivity index (χ3n) is 4.01. The lowest BCUT2D eigenvalue weighted by atomic mass is 10.2. The number of carbonyl (C=O) groups excluding carboxylic acids is 1. The second-order valence-electron chi connectivity index (χ2n) is 6.29. The third kappa shape index (κ3) is 6.94. The molecular weight excluding hydrogens is 439 g/mol. The van der Waals surface area contributed by atoms with Crippen molar-refractivity contribution in [2.24, 2.45) is 5.10 Å². The van der Waals surface area contributed by atoms with Gasteiger partial charge in [-0.25, -0.2) is 9.82 Å². The molecule has 0 saturated heterocycles. The third-order valence-corrected chi connectivity index (χ3v) is 5.22. The van der Waals surface area contributed by atoms with Gasteiger partial charge in [-0.1, -0.05) is 41.6 Å². The number of anilines is 1. The Morgan fingerprint density at radius 2 is 1.94 bits per heavy atom.